The Hall–Kier alpha value is -3.23. The molecule has 4 fully saturated rings. The minimum atomic E-state index is -0.153. The summed E-state index contributed by atoms with van der Waals surface area (Å²) in [4.78, 5) is 18.5. The standard InChI is InChI=1S/C69H108N2O5/c1-7-10-13-14-15-16-17-18-19-29-44-71(67(72)76-54-58-37-27-22-28-38-58)45-30-32-55(4)61-39-40-62-66-63(51-65(69(61,62)6)75-47-12-9-3)68(5)42-41-60(73-46-11-8-2)49-59(68)50-64(66)74-48-31-43-70(52-56-33-23-20-24-34-56)53-57-35-25-21-26-36-57/h20-28,33-38,55,59-66H,7-19,29-32,39-54H2,1-6H3/t55?,59?,60-,61-,62+,63+,64?,65+,66?,68+,69-/m1/s1. The van der Waals surface area contributed by atoms with Crippen molar-refractivity contribution in [2.45, 2.75) is 234 Å². The van der Waals surface area contributed by atoms with E-state index < -0.39 is 0 Å². The summed E-state index contributed by atoms with van der Waals surface area (Å²) in [6.45, 7) is 22.1. The maximum Gasteiger partial charge on any atom is 0.410 e. The second-order valence-electron chi connectivity index (χ2n) is 25.1. The molecule has 4 aliphatic carbocycles. The van der Waals surface area contributed by atoms with Crippen LogP contribution in [-0.4, -0.2) is 73.7 Å². The van der Waals surface area contributed by atoms with Crippen LogP contribution in [0.2, 0.25) is 0 Å². The fourth-order valence-electron chi connectivity index (χ4n) is 15.5. The molecule has 3 aromatic rings. The third kappa shape index (κ3) is 17.1. The van der Waals surface area contributed by atoms with Gasteiger partial charge in [0.1, 0.15) is 6.61 Å². The van der Waals surface area contributed by atoms with Gasteiger partial charge in [-0.25, -0.2) is 4.79 Å². The van der Waals surface area contributed by atoms with Gasteiger partial charge in [-0.2, -0.15) is 0 Å². The van der Waals surface area contributed by atoms with Gasteiger partial charge in [-0.1, -0.05) is 203 Å². The van der Waals surface area contributed by atoms with E-state index in [0.717, 1.165) is 116 Å². The number of hydrogen-bond acceptors (Lipinski definition) is 6. The van der Waals surface area contributed by atoms with Crippen LogP contribution < -0.4 is 0 Å². The van der Waals surface area contributed by atoms with Gasteiger partial charge >= 0.3 is 6.09 Å². The molecule has 4 aliphatic rings. The molecular weight excluding hydrogens is 937 g/mol. The second kappa shape index (κ2) is 32.1. The number of amides is 1. The Morgan fingerprint density at radius 2 is 1.14 bits per heavy atom. The number of benzene rings is 3. The van der Waals surface area contributed by atoms with Crippen molar-refractivity contribution >= 4 is 6.09 Å². The lowest BCUT2D eigenvalue weighted by atomic mass is 9.43. The SMILES string of the molecule is CCCCCCCCCCCCN(CCCC(C)[C@H]1CC[C@H]2C3C(OCCCN(Cc4ccccc4)Cc4ccccc4)CC4C[C@H](OCCCC)CC[C@]4(C)[C@H]3C[C@H](OCCCC)[C@]12C)C(=O)OCc1ccccc1. The van der Waals surface area contributed by atoms with Crippen molar-refractivity contribution in [1.29, 1.82) is 0 Å². The lowest BCUT2D eigenvalue weighted by Gasteiger charge is -2.65. The highest BCUT2D eigenvalue weighted by Gasteiger charge is 2.66. The molecule has 0 saturated heterocycles. The van der Waals surface area contributed by atoms with Crippen molar-refractivity contribution in [3.63, 3.8) is 0 Å². The van der Waals surface area contributed by atoms with Crippen LogP contribution in [0.5, 0.6) is 0 Å². The Bertz CT molecular complexity index is 1980. The monoisotopic (exact) mass is 1040 g/mol. The average molecular weight is 1050 g/mol. The highest BCUT2D eigenvalue weighted by molar-refractivity contribution is 5.67. The minimum absolute atomic E-state index is 0.0755. The van der Waals surface area contributed by atoms with Crippen LogP contribution in [0.1, 0.15) is 212 Å². The van der Waals surface area contributed by atoms with Crippen LogP contribution in [0.4, 0.5) is 4.79 Å². The summed E-state index contributed by atoms with van der Waals surface area (Å²) in [5, 5.41) is 0. The molecule has 0 aromatic heterocycles. The number of carbonyl (C=O) groups excluding carboxylic acids is 1. The number of nitrogens with zero attached hydrogens (tertiary/aromatic N) is 2. The second-order valence-corrected chi connectivity index (χ2v) is 25.1. The van der Waals surface area contributed by atoms with Crippen LogP contribution in [0, 0.1) is 46.3 Å². The van der Waals surface area contributed by atoms with E-state index >= 15 is 0 Å². The molecule has 4 unspecified atom stereocenters. The molecule has 7 heteroatoms. The fraction of sp³-hybridized carbons (Fsp3) is 0.725. The largest absolute Gasteiger partial charge is 0.445 e. The van der Waals surface area contributed by atoms with Crippen LogP contribution in [0.15, 0.2) is 91.0 Å². The van der Waals surface area contributed by atoms with Crippen molar-refractivity contribution in [3.8, 4) is 0 Å². The Balaban J connectivity index is 1.05. The molecule has 7 nitrogen and oxygen atoms in total. The first kappa shape index (κ1) is 60.4. The van der Waals surface area contributed by atoms with Crippen LogP contribution in [-0.2, 0) is 38.6 Å². The number of hydrogen-bond donors (Lipinski definition) is 0. The predicted octanol–water partition coefficient (Wildman–Crippen LogP) is 17.7. The number of fused-ring (bicyclic) bond motifs is 5. The molecule has 1 amide bonds. The van der Waals surface area contributed by atoms with Gasteiger partial charge in [0.05, 0.1) is 18.3 Å². The summed E-state index contributed by atoms with van der Waals surface area (Å²) in [7, 11) is 0. The van der Waals surface area contributed by atoms with Crippen molar-refractivity contribution in [3.05, 3.63) is 108 Å². The first-order valence-electron chi connectivity index (χ1n) is 31.8. The molecule has 0 aliphatic heterocycles. The summed E-state index contributed by atoms with van der Waals surface area (Å²) < 4.78 is 27.5. The molecule has 424 valence electrons. The number of carbonyl (C=O) groups is 1. The summed E-state index contributed by atoms with van der Waals surface area (Å²) >= 11 is 0. The molecule has 7 rings (SSSR count). The fourth-order valence-corrected chi connectivity index (χ4v) is 15.5. The molecule has 0 heterocycles. The van der Waals surface area contributed by atoms with Crippen LogP contribution >= 0.6 is 0 Å². The smallest absolute Gasteiger partial charge is 0.410 e. The van der Waals surface area contributed by atoms with Gasteiger partial charge in [0.25, 0.3) is 0 Å². The van der Waals surface area contributed by atoms with E-state index in [4.69, 9.17) is 18.9 Å². The zero-order valence-corrected chi connectivity index (χ0v) is 49.1. The third-order valence-corrected chi connectivity index (χ3v) is 19.9. The molecular formula is C69H108N2O5. The average Bonchev–Trinajstić information content (AvgIpc) is 3.85. The number of rotatable bonds is 35. The summed E-state index contributed by atoms with van der Waals surface area (Å²) in [6.07, 6.45) is 29.8. The van der Waals surface area contributed by atoms with Gasteiger partial charge in [-0.3, -0.25) is 4.90 Å². The third-order valence-electron chi connectivity index (χ3n) is 19.9. The van der Waals surface area contributed by atoms with E-state index in [0.29, 0.717) is 48.2 Å². The molecule has 76 heavy (non-hydrogen) atoms. The van der Waals surface area contributed by atoms with Crippen LogP contribution in [0.3, 0.4) is 0 Å². The predicted molar refractivity (Wildman–Crippen MR) is 315 cm³/mol. The van der Waals surface area contributed by atoms with E-state index in [1.807, 2.05) is 30.3 Å². The van der Waals surface area contributed by atoms with Gasteiger partial charge in [-0.05, 0) is 141 Å². The minimum Gasteiger partial charge on any atom is -0.445 e. The van der Waals surface area contributed by atoms with E-state index in [1.165, 1.54) is 107 Å². The lowest BCUT2D eigenvalue weighted by Crippen LogP contribution is -2.63. The maximum atomic E-state index is 13.9. The number of unbranched alkanes of at least 4 members (excludes halogenated alkanes) is 11. The Kier molecular flexibility index (Phi) is 25.5. The number of ether oxygens (including phenoxy) is 4. The van der Waals surface area contributed by atoms with Gasteiger partial charge in [-0.15, -0.1) is 0 Å². The Morgan fingerprint density at radius 1 is 0.579 bits per heavy atom. The molecule has 0 N–H and O–H groups in total. The Labute approximate surface area is 464 Å². The molecule has 11 atom stereocenters. The Morgan fingerprint density at radius 3 is 1.78 bits per heavy atom. The molecule has 3 aromatic carbocycles. The summed E-state index contributed by atoms with van der Waals surface area (Å²) in [6, 6.07) is 32.2. The van der Waals surface area contributed by atoms with Crippen LogP contribution in [0.25, 0.3) is 0 Å². The highest BCUT2D eigenvalue weighted by atomic mass is 16.6. The first-order valence-corrected chi connectivity index (χ1v) is 31.8. The van der Waals surface area contributed by atoms with E-state index in [9.17, 15) is 4.79 Å². The first-order chi connectivity index (χ1) is 37.2. The lowest BCUT2D eigenvalue weighted by molar-refractivity contribution is -0.227. The summed E-state index contributed by atoms with van der Waals surface area (Å²) in [5.41, 5.74) is 4.12. The maximum absolute atomic E-state index is 13.9. The molecule has 0 spiro atoms. The van der Waals surface area contributed by atoms with Gasteiger partial charge in [0.15, 0.2) is 0 Å². The zero-order valence-electron chi connectivity index (χ0n) is 49.1. The zero-order chi connectivity index (χ0) is 53.4. The van der Waals surface area contributed by atoms with Gasteiger partial charge in [0.2, 0.25) is 0 Å². The molecule has 4 saturated carbocycles. The van der Waals surface area contributed by atoms with E-state index in [-0.39, 0.29) is 29.1 Å². The van der Waals surface area contributed by atoms with Crippen molar-refractivity contribution < 1.29 is 23.7 Å². The van der Waals surface area contributed by atoms with Gasteiger partial charge < -0.3 is 23.8 Å². The molecule has 0 radical (unpaired) electrons. The van der Waals surface area contributed by atoms with Gasteiger partial charge in [0, 0.05) is 58.0 Å². The van der Waals surface area contributed by atoms with Crippen molar-refractivity contribution in [2.75, 3.05) is 39.5 Å². The summed E-state index contributed by atoms with van der Waals surface area (Å²) in [5.74, 6) is 3.40. The topological polar surface area (TPSA) is 60.5 Å². The van der Waals surface area contributed by atoms with E-state index in [2.05, 4.69) is 112 Å². The van der Waals surface area contributed by atoms with Crippen molar-refractivity contribution in [1.82, 2.24) is 9.80 Å². The highest BCUT2D eigenvalue weighted by Crippen LogP contribution is 2.69. The quantitative estimate of drug-likeness (QED) is 0.0547. The van der Waals surface area contributed by atoms with E-state index in [1.54, 1.807) is 0 Å². The van der Waals surface area contributed by atoms with Crippen molar-refractivity contribution in [2.24, 2.45) is 46.3 Å². The molecule has 0 bridgehead atoms. The normalized spacial score (nSPS) is 27.4.